The summed E-state index contributed by atoms with van der Waals surface area (Å²) in [6.45, 7) is 0.322. The van der Waals surface area contributed by atoms with Gasteiger partial charge in [0.05, 0.1) is 23.9 Å². The van der Waals surface area contributed by atoms with Crippen molar-refractivity contribution in [2.75, 3.05) is 20.0 Å². The number of nitrogen functional groups attached to an aromatic ring is 1. The predicted molar refractivity (Wildman–Crippen MR) is 72.4 cm³/mol. The number of aromatic nitrogens is 4. The van der Waals surface area contributed by atoms with E-state index in [9.17, 15) is 0 Å². The maximum atomic E-state index is 5.83. The zero-order valence-corrected chi connectivity index (χ0v) is 12.0. The van der Waals surface area contributed by atoms with Crippen LogP contribution in [0.25, 0.3) is 11.5 Å². The van der Waals surface area contributed by atoms with Gasteiger partial charge in [0, 0.05) is 13.2 Å². The predicted octanol–water partition coefficient (Wildman–Crippen LogP) is 1.43. The van der Waals surface area contributed by atoms with Gasteiger partial charge >= 0.3 is 0 Å². The summed E-state index contributed by atoms with van der Waals surface area (Å²) in [4.78, 5) is 16.6. The van der Waals surface area contributed by atoms with E-state index in [0.717, 1.165) is 0 Å². The number of hydrogen-bond acceptors (Lipinski definition) is 7. The molecule has 7 nitrogen and oxygen atoms in total. The number of rotatable bonds is 4. The second-order valence-electron chi connectivity index (χ2n) is 3.57. The van der Waals surface area contributed by atoms with E-state index in [1.807, 2.05) is 0 Å². The Bertz CT molecular complexity index is 593. The van der Waals surface area contributed by atoms with Crippen LogP contribution in [0.1, 0.15) is 5.69 Å². The fourth-order valence-electron chi connectivity index (χ4n) is 1.43. The van der Waals surface area contributed by atoms with Gasteiger partial charge in [0.25, 0.3) is 0 Å². The Kier molecular flexibility index (Phi) is 4.23. The molecule has 19 heavy (non-hydrogen) atoms. The van der Waals surface area contributed by atoms with E-state index in [-0.39, 0.29) is 0 Å². The van der Waals surface area contributed by atoms with Crippen LogP contribution in [0, 0.1) is 0 Å². The summed E-state index contributed by atoms with van der Waals surface area (Å²) in [5.74, 6) is 1.16. The molecule has 0 aliphatic rings. The van der Waals surface area contributed by atoms with Crippen LogP contribution < -0.4 is 10.5 Å². The van der Waals surface area contributed by atoms with Gasteiger partial charge in [-0.1, -0.05) is 0 Å². The molecule has 0 saturated heterocycles. The molecule has 0 amide bonds. The zero-order valence-electron chi connectivity index (χ0n) is 10.4. The molecule has 0 aliphatic carbocycles. The normalized spacial score (nSPS) is 10.5. The Morgan fingerprint density at radius 3 is 2.74 bits per heavy atom. The van der Waals surface area contributed by atoms with Gasteiger partial charge in [0.2, 0.25) is 5.88 Å². The molecule has 0 bridgehead atoms. The van der Waals surface area contributed by atoms with Gasteiger partial charge in [0.15, 0.2) is 5.82 Å². The van der Waals surface area contributed by atoms with E-state index in [1.54, 1.807) is 13.2 Å². The van der Waals surface area contributed by atoms with Crippen LogP contribution in [0.5, 0.6) is 5.88 Å². The maximum Gasteiger partial charge on any atom is 0.216 e. The molecule has 2 rings (SSSR count). The van der Waals surface area contributed by atoms with Crippen molar-refractivity contribution in [2.45, 2.75) is 6.61 Å². The van der Waals surface area contributed by atoms with Crippen molar-refractivity contribution in [3.05, 3.63) is 22.6 Å². The molecule has 2 heterocycles. The minimum Gasteiger partial charge on any atom is -0.481 e. The lowest BCUT2D eigenvalue weighted by Gasteiger charge is -2.08. The van der Waals surface area contributed by atoms with E-state index in [0.29, 0.717) is 40.0 Å². The Morgan fingerprint density at radius 2 is 2.05 bits per heavy atom. The van der Waals surface area contributed by atoms with E-state index >= 15 is 0 Å². The van der Waals surface area contributed by atoms with Gasteiger partial charge in [-0.2, -0.15) is 0 Å². The monoisotopic (exact) mass is 325 g/mol. The van der Waals surface area contributed by atoms with Gasteiger partial charge in [-0.15, -0.1) is 0 Å². The van der Waals surface area contributed by atoms with Crippen molar-refractivity contribution in [1.29, 1.82) is 0 Å². The quantitative estimate of drug-likeness (QED) is 0.908. The summed E-state index contributed by atoms with van der Waals surface area (Å²) < 4.78 is 10.7. The SMILES string of the molecule is COCc1nc(-c2cc(OC)ncn2)nc(N)c1Br. The molecule has 2 aromatic heterocycles. The van der Waals surface area contributed by atoms with Crippen LogP contribution in [-0.2, 0) is 11.3 Å². The van der Waals surface area contributed by atoms with Crippen LogP contribution >= 0.6 is 15.9 Å². The van der Waals surface area contributed by atoms with Crippen molar-refractivity contribution in [2.24, 2.45) is 0 Å². The molecule has 0 aromatic carbocycles. The van der Waals surface area contributed by atoms with Gasteiger partial charge in [-0.05, 0) is 15.9 Å². The minimum absolute atomic E-state index is 0.322. The van der Waals surface area contributed by atoms with Crippen LogP contribution in [0.4, 0.5) is 5.82 Å². The molecule has 2 aromatic rings. The number of nitrogens with zero attached hydrogens (tertiary/aromatic N) is 4. The second-order valence-corrected chi connectivity index (χ2v) is 4.36. The molecule has 0 saturated carbocycles. The number of nitrogens with two attached hydrogens (primary N) is 1. The topological polar surface area (TPSA) is 96.0 Å². The lowest BCUT2D eigenvalue weighted by Crippen LogP contribution is -2.05. The average Bonchev–Trinajstić information content (AvgIpc) is 2.44. The Labute approximate surface area is 118 Å². The van der Waals surface area contributed by atoms with E-state index < -0.39 is 0 Å². The number of anilines is 1. The summed E-state index contributed by atoms with van der Waals surface area (Å²) >= 11 is 3.33. The molecule has 0 aliphatic heterocycles. The first-order chi connectivity index (χ1) is 9.15. The Hall–Kier alpha value is -1.80. The van der Waals surface area contributed by atoms with E-state index in [4.69, 9.17) is 15.2 Å². The van der Waals surface area contributed by atoms with Crippen LogP contribution in [0.3, 0.4) is 0 Å². The van der Waals surface area contributed by atoms with Gasteiger partial charge in [0.1, 0.15) is 17.8 Å². The molecular weight excluding hydrogens is 314 g/mol. The standard InChI is InChI=1S/C11H12BrN5O2/c1-18-4-7-9(12)10(13)17-11(16-7)6-3-8(19-2)15-5-14-6/h3,5H,4H2,1-2H3,(H2,13,16,17). The largest absolute Gasteiger partial charge is 0.481 e. The highest BCUT2D eigenvalue weighted by atomic mass is 79.9. The molecule has 0 radical (unpaired) electrons. The number of halogens is 1. The highest BCUT2D eigenvalue weighted by Gasteiger charge is 2.13. The number of methoxy groups -OCH3 is 2. The maximum absolute atomic E-state index is 5.83. The highest BCUT2D eigenvalue weighted by molar-refractivity contribution is 9.10. The minimum atomic E-state index is 0.322. The van der Waals surface area contributed by atoms with Crippen molar-refractivity contribution in [1.82, 2.24) is 19.9 Å². The smallest absolute Gasteiger partial charge is 0.216 e. The number of ether oxygens (including phenoxy) is 2. The van der Waals surface area contributed by atoms with Gasteiger partial charge < -0.3 is 15.2 Å². The summed E-state index contributed by atoms with van der Waals surface area (Å²) in [7, 11) is 3.11. The summed E-state index contributed by atoms with van der Waals surface area (Å²) in [6.07, 6.45) is 1.38. The van der Waals surface area contributed by atoms with Gasteiger partial charge in [-0.25, -0.2) is 19.9 Å². The van der Waals surface area contributed by atoms with Crippen molar-refractivity contribution < 1.29 is 9.47 Å². The van der Waals surface area contributed by atoms with Crippen molar-refractivity contribution in [3.8, 4) is 17.4 Å². The first-order valence-electron chi connectivity index (χ1n) is 5.33. The second kappa shape index (κ2) is 5.89. The third kappa shape index (κ3) is 2.96. The molecule has 100 valence electrons. The molecule has 0 spiro atoms. The highest BCUT2D eigenvalue weighted by Crippen LogP contribution is 2.25. The fraction of sp³-hybridized carbons (Fsp3) is 0.273. The van der Waals surface area contributed by atoms with E-state index in [2.05, 4.69) is 35.9 Å². The molecular formula is C11H12BrN5O2. The molecule has 0 unspecified atom stereocenters. The summed E-state index contributed by atoms with van der Waals surface area (Å²) in [5, 5.41) is 0. The third-order valence-corrected chi connectivity index (χ3v) is 3.17. The Morgan fingerprint density at radius 1 is 1.26 bits per heavy atom. The summed E-state index contributed by atoms with van der Waals surface area (Å²) in [6, 6.07) is 1.64. The van der Waals surface area contributed by atoms with Crippen LogP contribution in [0.15, 0.2) is 16.9 Å². The van der Waals surface area contributed by atoms with Crippen LogP contribution in [0.2, 0.25) is 0 Å². The zero-order chi connectivity index (χ0) is 13.8. The molecule has 0 fully saturated rings. The Balaban J connectivity index is 2.49. The van der Waals surface area contributed by atoms with Crippen molar-refractivity contribution in [3.63, 3.8) is 0 Å². The van der Waals surface area contributed by atoms with Gasteiger partial charge in [-0.3, -0.25) is 0 Å². The molecule has 2 N–H and O–H groups in total. The van der Waals surface area contributed by atoms with Crippen LogP contribution in [-0.4, -0.2) is 34.2 Å². The third-order valence-electron chi connectivity index (χ3n) is 2.31. The molecule has 0 atom stereocenters. The first-order valence-corrected chi connectivity index (χ1v) is 6.12. The lowest BCUT2D eigenvalue weighted by atomic mass is 10.3. The van der Waals surface area contributed by atoms with E-state index in [1.165, 1.54) is 13.4 Å². The summed E-state index contributed by atoms with van der Waals surface area (Å²) in [5.41, 5.74) is 7.02. The molecule has 8 heteroatoms. The van der Waals surface area contributed by atoms with Crippen molar-refractivity contribution >= 4 is 21.7 Å². The lowest BCUT2D eigenvalue weighted by molar-refractivity contribution is 0.181. The number of hydrogen-bond donors (Lipinski definition) is 1. The fourth-order valence-corrected chi connectivity index (χ4v) is 1.72. The first kappa shape index (κ1) is 13.6. The average molecular weight is 326 g/mol.